The molecule has 0 radical (unpaired) electrons. The lowest BCUT2D eigenvalue weighted by Gasteiger charge is -2.23. The number of hydrogen-bond acceptors (Lipinski definition) is 3. The first-order valence-corrected chi connectivity index (χ1v) is 7.24. The molecule has 0 aromatic heterocycles. The lowest BCUT2D eigenvalue weighted by Crippen LogP contribution is -2.17. The summed E-state index contributed by atoms with van der Waals surface area (Å²) in [6.07, 6.45) is 4.05. The Kier molecular flexibility index (Phi) is 2.86. The van der Waals surface area contributed by atoms with Gasteiger partial charge in [0.25, 0.3) is 0 Å². The summed E-state index contributed by atoms with van der Waals surface area (Å²) < 4.78 is 5.20. The van der Waals surface area contributed by atoms with Gasteiger partial charge in [0, 0.05) is 11.8 Å². The van der Waals surface area contributed by atoms with E-state index in [4.69, 9.17) is 4.74 Å². The molecule has 4 rings (SSSR count). The number of rotatable bonds is 2. The second-order valence-corrected chi connectivity index (χ2v) is 5.41. The molecule has 3 heteroatoms. The Labute approximate surface area is 129 Å². The van der Waals surface area contributed by atoms with Crippen LogP contribution in [0.25, 0.3) is 17.3 Å². The summed E-state index contributed by atoms with van der Waals surface area (Å²) in [6.45, 7) is 0.404. The summed E-state index contributed by atoms with van der Waals surface area (Å²) in [7, 11) is 1.64. The van der Waals surface area contributed by atoms with Crippen molar-refractivity contribution in [3.8, 4) is 5.75 Å². The molecule has 0 fully saturated rings. The van der Waals surface area contributed by atoms with Crippen molar-refractivity contribution in [2.24, 2.45) is 0 Å². The van der Waals surface area contributed by atoms with Crippen LogP contribution in [0.1, 0.15) is 16.7 Å². The Bertz CT molecular complexity index is 816. The number of carbonyl (C=O) groups is 1. The molecule has 2 aliphatic heterocycles. The van der Waals surface area contributed by atoms with Crippen molar-refractivity contribution in [3.05, 3.63) is 71.4 Å². The molecule has 0 spiro atoms. The van der Waals surface area contributed by atoms with E-state index in [1.807, 2.05) is 47.5 Å². The molecule has 0 amide bonds. The van der Waals surface area contributed by atoms with E-state index in [-0.39, 0.29) is 5.78 Å². The molecule has 22 heavy (non-hydrogen) atoms. The third-order valence-electron chi connectivity index (χ3n) is 4.15. The Morgan fingerprint density at radius 3 is 2.59 bits per heavy atom. The Morgan fingerprint density at radius 1 is 1.05 bits per heavy atom. The van der Waals surface area contributed by atoms with Crippen molar-refractivity contribution in [3.63, 3.8) is 0 Å². The smallest absolute Gasteiger partial charge is 0.185 e. The van der Waals surface area contributed by atoms with E-state index in [9.17, 15) is 4.79 Å². The van der Waals surface area contributed by atoms with Crippen molar-refractivity contribution in [1.29, 1.82) is 0 Å². The van der Waals surface area contributed by atoms with E-state index in [0.717, 1.165) is 33.7 Å². The van der Waals surface area contributed by atoms with Gasteiger partial charge < -0.3 is 9.64 Å². The van der Waals surface area contributed by atoms with Gasteiger partial charge in [0.05, 0.1) is 24.9 Å². The molecule has 0 saturated carbocycles. The summed E-state index contributed by atoms with van der Waals surface area (Å²) in [6, 6.07) is 15.9. The molecule has 3 nitrogen and oxygen atoms in total. The van der Waals surface area contributed by atoms with Crippen LogP contribution < -0.4 is 4.74 Å². The van der Waals surface area contributed by atoms with Crippen LogP contribution in [0, 0.1) is 0 Å². The molecule has 108 valence electrons. The van der Waals surface area contributed by atoms with Crippen molar-refractivity contribution >= 4 is 23.1 Å². The molecule has 0 saturated heterocycles. The van der Waals surface area contributed by atoms with Gasteiger partial charge in [0.1, 0.15) is 5.75 Å². The molecule has 0 bridgehead atoms. The van der Waals surface area contributed by atoms with Crippen LogP contribution in [0.3, 0.4) is 0 Å². The van der Waals surface area contributed by atoms with Gasteiger partial charge in [-0.15, -0.1) is 0 Å². The number of ketones is 1. The lowest BCUT2D eigenvalue weighted by atomic mass is 9.95. The van der Waals surface area contributed by atoms with Crippen molar-refractivity contribution < 1.29 is 9.53 Å². The van der Waals surface area contributed by atoms with Crippen LogP contribution in [0.15, 0.2) is 54.7 Å². The van der Waals surface area contributed by atoms with Crippen molar-refractivity contribution in [1.82, 2.24) is 4.90 Å². The maximum Gasteiger partial charge on any atom is 0.185 e. The van der Waals surface area contributed by atoms with Gasteiger partial charge in [-0.2, -0.15) is 0 Å². The fraction of sp³-hybridized carbons (Fsp3) is 0.105. The zero-order valence-corrected chi connectivity index (χ0v) is 12.2. The Hall–Kier alpha value is -2.81. The van der Waals surface area contributed by atoms with Crippen molar-refractivity contribution in [2.75, 3.05) is 13.7 Å². The average molecular weight is 289 g/mol. The third-order valence-corrected chi connectivity index (χ3v) is 4.15. The highest BCUT2D eigenvalue weighted by Gasteiger charge is 2.32. The Morgan fingerprint density at radius 2 is 1.82 bits per heavy atom. The first-order chi connectivity index (χ1) is 10.8. The molecular weight excluding hydrogens is 274 g/mol. The lowest BCUT2D eigenvalue weighted by molar-refractivity contribution is -0.113. The topological polar surface area (TPSA) is 29.5 Å². The predicted molar refractivity (Wildman–Crippen MR) is 87.0 cm³/mol. The molecular formula is C19H15NO2. The number of methoxy groups -OCH3 is 1. The van der Waals surface area contributed by atoms with Gasteiger partial charge in [-0.05, 0) is 29.3 Å². The quantitative estimate of drug-likeness (QED) is 0.848. The summed E-state index contributed by atoms with van der Waals surface area (Å²) in [4.78, 5) is 14.6. The van der Waals surface area contributed by atoms with E-state index in [1.54, 1.807) is 7.11 Å². The summed E-state index contributed by atoms with van der Waals surface area (Å²) >= 11 is 0. The molecule has 0 atom stereocenters. The highest BCUT2D eigenvalue weighted by Crippen LogP contribution is 2.40. The van der Waals surface area contributed by atoms with Gasteiger partial charge in [0.15, 0.2) is 5.78 Å². The number of fused-ring (bicyclic) bond motifs is 3. The normalized spacial score (nSPS) is 15.9. The van der Waals surface area contributed by atoms with E-state index in [0.29, 0.717) is 6.54 Å². The predicted octanol–water partition coefficient (Wildman–Crippen LogP) is 3.43. The molecule has 0 aliphatic carbocycles. The molecule has 2 aromatic rings. The minimum atomic E-state index is 0.154. The second-order valence-electron chi connectivity index (χ2n) is 5.41. The molecule has 0 N–H and O–H groups in total. The van der Waals surface area contributed by atoms with E-state index in [1.165, 1.54) is 0 Å². The highest BCUT2D eigenvalue weighted by atomic mass is 16.5. The first kappa shape index (κ1) is 12.9. The van der Waals surface area contributed by atoms with Crippen LogP contribution in [0.4, 0.5) is 0 Å². The van der Waals surface area contributed by atoms with Gasteiger partial charge in [-0.1, -0.05) is 36.4 Å². The summed E-state index contributed by atoms with van der Waals surface area (Å²) in [5.74, 6) is 0.946. The summed E-state index contributed by atoms with van der Waals surface area (Å²) in [5, 5.41) is 0. The SMILES string of the molecule is COc1ccc(C2=C3c4ccccc4C=CN3CC2=O)cc1. The number of Topliss-reactive ketones (excluding diaryl/α,β-unsaturated/α-hetero) is 1. The van der Waals surface area contributed by atoms with Crippen LogP contribution >= 0.6 is 0 Å². The number of nitrogens with zero attached hydrogens (tertiary/aromatic N) is 1. The number of carbonyl (C=O) groups excluding carboxylic acids is 1. The highest BCUT2D eigenvalue weighted by molar-refractivity contribution is 6.32. The van der Waals surface area contributed by atoms with E-state index >= 15 is 0 Å². The molecule has 2 aromatic carbocycles. The fourth-order valence-electron chi connectivity index (χ4n) is 3.09. The van der Waals surface area contributed by atoms with Crippen molar-refractivity contribution in [2.45, 2.75) is 0 Å². The van der Waals surface area contributed by atoms with E-state index in [2.05, 4.69) is 18.2 Å². The largest absolute Gasteiger partial charge is 0.497 e. The number of hydrogen-bond donors (Lipinski definition) is 0. The van der Waals surface area contributed by atoms with Crippen LogP contribution in [-0.4, -0.2) is 24.3 Å². The number of ether oxygens (including phenoxy) is 1. The third kappa shape index (κ3) is 1.86. The monoisotopic (exact) mass is 289 g/mol. The van der Waals surface area contributed by atoms with Gasteiger partial charge >= 0.3 is 0 Å². The maximum atomic E-state index is 12.5. The summed E-state index contributed by atoms with van der Waals surface area (Å²) in [5.41, 5.74) is 5.00. The zero-order valence-electron chi connectivity index (χ0n) is 12.2. The van der Waals surface area contributed by atoms with Gasteiger partial charge in [-0.25, -0.2) is 0 Å². The zero-order chi connectivity index (χ0) is 15.1. The van der Waals surface area contributed by atoms with Crippen LogP contribution in [0.5, 0.6) is 5.75 Å². The first-order valence-electron chi connectivity index (χ1n) is 7.24. The average Bonchev–Trinajstić information content (AvgIpc) is 2.91. The van der Waals surface area contributed by atoms with E-state index < -0.39 is 0 Å². The Balaban J connectivity index is 1.92. The van der Waals surface area contributed by atoms with Gasteiger partial charge in [0.2, 0.25) is 0 Å². The number of benzene rings is 2. The maximum absolute atomic E-state index is 12.5. The minimum absolute atomic E-state index is 0.154. The standard InChI is InChI=1S/C19H15NO2/c1-22-15-8-6-14(7-9-15)18-17(21)12-20-11-10-13-4-2-3-5-16(13)19(18)20/h2-11H,12H2,1H3. The second kappa shape index (κ2) is 4.88. The molecule has 2 heterocycles. The van der Waals surface area contributed by atoms with Crippen LogP contribution in [0.2, 0.25) is 0 Å². The molecule has 0 unspecified atom stereocenters. The van der Waals surface area contributed by atoms with Crippen LogP contribution in [-0.2, 0) is 4.79 Å². The van der Waals surface area contributed by atoms with Gasteiger partial charge in [-0.3, -0.25) is 4.79 Å². The molecule has 2 aliphatic rings. The fourth-order valence-corrected chi connectivity index (χ4v) is 3.09. The minimum Gasteiger partial charge on any atom is -0.497 e.